The number of hydrogen-bond acceptors (Lipinski definition) is 15. The van der Waals surface area contributed by atoms with Crippen LogP contribution in [0.1, 0.15) is 50.9 Å². The molecule has 24 heteroatoms. The fourth-order valence-electron chi connectivity index (χ4n) is 7.30. The number of carbonyl (C=O) groups excluding carboxylic acids is 2. The van der Waals surface area contributed by atoms with Crippen molar-refractivity contribution in [1.29, 1.82) is 0 Å². The zero-order chi connectivity index (χ0) is 49.9. The highest BCUT2D eigenvalue weighted by Gasteiger charge is 2.36. The number of fused-ring (bicyclic) bond motifs is 2. The van der Waals surface area contributed by atoms with Gasteiger partial charge in [0.2, 0.25) is 21.9 Å². The molecule has 362 valence electrons. The number of anilines is 7. The quantitative estimate of drug-likeness (QED) is 0.0818. The second-order valence-electron chi connectivity index (χ2n) is 16.1. The number of sulfone groups is 1. The summed E-state index contributed by atoms with van der Waals surface area (Å²) in [6, 6.07) is 19.7. The van der Waals surface area contributed by atoms with Crippen molar-refractivity contribution in [1.82, 2.24) is 24.9 Å². The Morgan fingerprint density at radius 3 is 1.75 bits per heavy atom. The van der Waals surface area contributed by atoms with E-state index in [-0.39, 0.29) is 47.3 Å². The van der Waals surface area contributed by atoms with Crippen LogP contribution in [0.3, 0.4) is 0 Å². The van der Waals surface area contributed by atoms with Crippen molar-refractivity contribution in [3.63, 3.8) is 0 Å². The van der Waals surface area contributed by atoms with Crippen LogP contribution in [0.2, 0.25) is 0 Å². The van der Waals surface area contributed by atoms with Crippen molar-refractivity contribution in [2.75, 3.05) is 45.1 Å². The third-order valence-electron chi connectivity index (χ3n) is 10.8. The van der Waals surface area contributed by atoms with Crippen molar-refractivity contribution in [3.8, 4) is 0 Å². The first kappa shape index (κ1) is 49.7. The number of halogens is 6. The molecule has 0 aliphatic heterocycles. The number of sulfonamides is 1. The maximum absolute atomic E-state index is 13.6. The zero-order valence-electron chi connectivity index (χ0n) is 36.8. The molecule has 0 amide bonds. The van der Waals surface area contributed by atoms with Gasteiger partial charge in [-0.3, -0.25) is 13.9 Å². The molecule has 0 saturated heterocycles. The molecule has 0 saturated carbocycles. The van der Waals surface area contributed by atoms with E-state index in [9.17, 15) is 52.8 Å². The van der Waals surface area contributed by atoms with Crippen molar-refractivity contribution in [2.45, 2.75) is 62.4 Å². The number of benzene rings is 3. The lowest BCUT2D eigenvalue weighted by Gasteiger charge is -2.20. The monoisotopic (exact) mass is 996 g/mol. The van der Waals surface area contributed by atoms with Crippen molar-refractivity contribution >= 4 is 72.2 Å². The number of ketones is 2. The molecular weight excluding hydrogens is 955 g/mol. The Hall–Kier alpha value is -7.21. The SMILES string of the molecule is CN(c1ncccc1CNc1nc(Nc2ccc3c(c2)CC(=O)C3)ncc1C(F)(F)F)S(C)(=O)=O.CS(=O)(=O)c1cccc(CNc2nc(Nc3ccc4c(c3)CCC(=O)C4)ncc2C(F)(F)F)c1. The maximum Gasteiger partial charge on any atom is 0.421 e. The van der Waals surface area contributed by atoms with Gasteiger partial charge < -0.3 is 21.3 Å². The molecule has 0 fully saturated rings. The van der Waals surface area contributed by atoms with E-state index in [1.807, 2.05) is 12.1 Å². The Labute approximate surface area is 392 Å². The fraction of sp³-hybridized carbons (Fsp3) is 0.267. The number of aromatic nitrogens is 5. The average Bonchev–Trinajstić information content (AvgIpc) is 3.66. The first-order valence-electron chi connectivity index (χ1n) is 20.7. The second kappa shape index (κ2) is 19.8. The maximum atomic E-state index is 13.6. The number of nitrogens with one attached hydrogen (secondary N) is 4. The highest BCUT2D eigenvalue weighted by Crippen LogP contribution is 2.36. The second-order valence-corrected chi connectivity index (χ2v) is 20.1. The summed E-state index contributed by atoms with van der Waals surface area (Å²) < 4.78 is 130. The third kappa shape index (κ3) is 12.7. The fourth-order valence-corrected chi connectivity index (χ4v) is 8.47. The molecule has 0 unspecified atom stereocenters. The summed E-state index contributed by atoms with van der Waals surface area (Å²) >= 11 is 0. The van der Waals surface area contributed by atoms with Crippen LogP contribution in [0.15, 0.2) is 96.3 Å². The van der Waals surface area contributed by atoms with Crippen LogP contribution in [-0.2, 0) is 80.6 Å². The molecule has 3 heterocycles. The molecule has 69 heavy (non-hydrogen) atoms. The van der Waals surface area contributed by atoms with Crippen molar-refractivity contribution in [2.24, 2.45) is 0 Å². The van der Waals surface area contributed by atoms with E-state index in [2.05, 4.69) is 46.2 Å². The predicted octanol–water partition coefficient (Wildman–Crippen LogP) is 7.62. The van der Waals surface area contributed by atoms with Crippen LogP contribution >= 0.6 is 0 Å². The molecule has 4 N–H and O–H groups in total. The lowest BCUT2D eigenvalue weighted by molar-refractivity contribution is -0.138. The number of Topliss-reactive ketones (excluding diaryl/α,β-unsaturated/α-hetero) is 2. The van der Waals surface area contributed by atoms with E-state index >= 15 is 0 Å². The third-order valence-corrected chi connectivity index (χ3v) is 13.1. The Bertz CT molecular complexity index is 3170. The minimum absolute atomic E-state index is 0.0350. The van der Waals surface area contributed by atoms with E-state index in [4.69, 9.17) is 0 Å². The van der Waals surface area contributed by atoms with Gasteiger partial charge in [0.15, 0.2) is 9.84 Å². The number of nitrogens with zero attached hydrogens (tertiary/aromatic N) is 6. The van der Waals surface area contributed by atoms with Crippen molar-refractivity contribution < 1.29 is 52.8 Å². The Morgan fingerprint density at radius 1 is 0.623 bits per heavy atom. The Kier molecular flexibility index (Phi) is 14.3. The Morgan fingerprint density at radius 2 is 1.17 bits per heavy atom. The molecule has 0 spiro atoms. The summed E-state index contributed by atoms with van der Waals surface area (Å²) in [5, 5.41) is 11.1. The van der Waals surface area contributed by atoms with Gasteiger partial charge in [-0.15, -0.1) is 0 Å². The number of pyridine rings is 1. The largest absolute Gasteiger partial charge is 0.421 e. The average molecular weight is 997 g/mol. The van der Waals surface area contributed by atoms with Gasteiger partial charge in [0.1, 0.15) is 40.1 Å². The molecule has 3 aromatic carbocycles. The van der Waals surface area contributed by atoms with E-state index in [1.165, 1.54) is 31.4 Å². The van der Waals surface area contributed by atoms with Crippen LogP contribution in [-0.4, -0.2) is 72.9 Å². The topological polar surface area (TPSA) is 218 Å². The predicted molar refractivity (Wildman–Crippen MR) is 245 cm³/mol. The molecule has 0 radical (unpaired) electrons. The minimum atomic E-state index is -4.73. The summed E-state index contributed by atoms with van der Waals surface area (Å²) in [7, 11) is -5.78. The van der Waals surface area contributed by atoms with Gasteiger partial charge in [-0.1, -0.05) is 30.3 Å². The minimum Gasteiger partial charge on any atom is -0.365 e. The van der Waals surface area contributed by atoms with Gasteiger partial charge in [0, 0.05) is 87.6 Å². The van der Waals surface area contributed by atoms with Gasteiger partial charge in [-0.2, -0.15) is 36.3 Å². The molecule has 16 nitrogen and oxygen atoms in total. The number of hydrogen-bond donors (Lipinski definition) is 4. The standard InChI is InChI=1S/C23H21F3N4O3S.C22H21F3N6O3S/c1-34(32,33)19-4-2-3-14(9-19)12-27-21-20(23(24,25)26)13-28-22(30-21)29-17-7-5-16-11-18(31)8-6-15(16)10-17;1-31(35(2,33)34)20-14(4-3-7-26-20)11-27-19-18(22(23,24)25)12-28-21(30-19)29-16-6-5-13-9-17(32)10-15(13)8-16/h2-5,7,9-10,13H,6,8,11-12H2,1H3,(H2,27,28,29,30);3-8,12H,9-11H2,1-2H3,(H2,27,28,29,30). The zero-order valence-corrected chi connectivity index (χ0v) is 38.5. The highest BCUT2D eigenvalue weighted by atomic mass is 32.2. The molecule has 2 aliphatic carbocycles. The molecular formula is C45H42F6N10O6S2. The van der Waals surface area contributed by atoms with Gasteiger partial charge in [-0.05, 0) is 76.7 Å². The van der Waals surface area contributed by atoms with Crippen LogP contribution in [0.25, 0.3) is 0 Å². The lowest BCUT2D eigenvalue weighted by Crippen LogP contribution is -2.27. The summed E-state index contributed by atoms with van der Waals surface area (Å²) in [5.74, 6) is -0.669. The first-order valence-corrected chi connectivity index (χ1v) is 24.5. The summed E-state index contributed by atoms with van der Waals surface area (Å²) in [5.41, 5.74) is 3.55. The smallest absolute Gasteiger partial charge is 0.365 e. The number of aryl methyl sites for hydroxylation is 1. The molecule has 0 atom stereocenters. The number of carbonyl (C=O) groups is 2. The number of rotatable bonds is 13. The van der Waals surface area contributed by atoms with E-state index in [0.29, 0.717) is 67.0 Å². The molecule has 3 aromatic heterocycles. The lowest BCUT2D eigenvalue weighted by atomic mass is 9.90. The summed E-state index contributed by atoms with van der Waals surface area (Å²) in [6.45, 7) is -0.251. The molecule has 6 aromatic rings. The normalized spacial score (nSPS) is 13.7. The van der Waals surface area contributed by atoms with Gasteiger partial charge in [0.05, 0.1) is 11.2 Å². The summed E-state index contributed by atoms with van der Waals surface area (Å²) in [6.07, 6.45) is -2.49. The van der Waals surface area contributed by atoms with Crippen LogP contribution < -0.4 is 25.6 Å². The summed E-state index contributed by atoms with van der Waals surface area (Å²) in [4.78, 5) is 43.0. The van der Waals surface area contributed by atoms with E-state index in [0.717, 1.165) is 39.1 Å². The van der Waals surface area contributed by atoms with Gasteiger partial charge in [-0.25, -0.2) is 31.8 Å². The van der Waals surface area contributed by atoms with E-state index < -0.39 is 55.0 Å². The van der Waals surface area contributed by atoms with Crippen LogP contribution in [0.5, 0.6) is 0 Å². The van der Waals surface area contributed by atoms with Crippen molar-refractivity contribution in [3.05, 3.63) is 136 Å². The highest BCUT2D eigenvalue weighted by molar-refractivity contribution is 7.92. The van der Waals surface area contributed by atoms with Crippen LogP contribution in [0.4, 0.5) is 67.1 Å². The van der Waals surface area contributed by atoms with Gasteiger partial charge in [0.25, 0.3) is 0 Å². The first-order chi connectivity index (χ1) is 32.4. The Balaban J connectivity index is 0.000000204. The molecule has 8 rings (SSSR count). The van der Waals surface area contributed by atoms with Gasteiger partial charge >= 0.3 is 12.4 Å². The molecule has 0 bridgehead atoms. The van der Waals surface area contributed by atoms with Crippen LogP contribution in [0, 0.1) is 0 Å². The van der Waals surface area contributed by atoms with E-state index in [1.54, 1.807) is 42.5 Å². The molecule has 2 aliphatic rings. The number of alkyl halides is 6.